The van der Waals surface area contributed by atoms with E-state index in [9.17, 15) is 9.59 Å². The lowest BCUT2D eigenvalue weighted by atomic mass is 9.94. The number of ketones is 1. The summed E-state index contributed by atoms with van der Waals surface area (Å²) in [5, 5.41) is 18.1. The van der Waals surface area contributed by atoms with Gasteiger partial charge in [-0.25, -0.2) is 0 Å². The first kappa shape index (κ1) is 18.1. The fourth-order valence-electron chi connectivity index (χ4n) is 2.27. The first-order valence-electron chi connectivity index (χ1n) is 7.25. The van der Waals surface area contributed by atoms with E-state index in [0.717, 1.165) is 0 Å². The Labute approximate surface area is 130 Å². The molecule has 22 heavy (non-hydrogen) atoms. The highest BCUT2D eigenvalue weighted by molar-refractivity contribution is 5.99. The van der Waals surface area contributed by atoms with Crippen LogP contribution in [0.3, 0.4) is 0 Å². The van der Waals surface area contributed by atoms with Gasteiger partial charge in [0, 0.05) is 24.6 Å². The Hall–Kier alpha value is -1.92. The van der Waals surface area contributed by atoms with E-state index in [1.807, 2.05) is 11.8 Å². The van der Waals surface area contributed by atoms with Gasteiger partial charge in [-0.15, -0.1) is 0 Å². The molecule has 0 saturated carbocycles. The molecule has 0 spiro atoms. The van der Waals surface area contributed by atoms with Crippen molar-refractivity contribution in [3.05, 3.63) is 29.8 Å². The molecule has 1 aromatic carbocycles. The maximum absolute atomic E-state index is 12.5. The van der Waals surface area contributed by atoms with Crippen molar-refractivity contribution in [2.45, 2.75) is 13.3 Å². The smallest absolute Gasteiger partial charge is 0.304 e. The number of carbonyl (C=O) groups is 2. The topological polar surface area (TPSA) is 87.1 Å². The van der Waals surface area contributed by atoms with Crippen LogP contribution in [0.25, 0.3) is 0 Å². The molecule has 0 bridgehead atoms. The number of likely N-dealkylation sites (N-methyl/N-ethyl adjacent to an activating group) is 1. The largest absolute Gasteiger partial charge is 0.497 e. The van der Waals surface area contributed by atoms with Gasteiger partial charge in [-0.3, -0.25) is 9.59 Å². The minimum atomic E-state index is -1.01. The van der Waals surface area contributed by atoms with E-state index in [4.69, 9.17) is 14.9 Å². The van der Waals surface area contributed by atoms with Gasteiger partial charge >= 0.3 is 5.97 Å². The lowest BCUT2D eigenvalue weighted by Gasteiger charge is -2.24. The zero-order valence-corrected chi connectivity index (χ0v) is 13.0. The lowest BCUT2D eigenvalue weighted by molar-refractivity contribution is -0.137. The third kappa shape index (κ3) is 5.46. The van der Waals surface area contributed by atoms with Crippen LogP contribution in [0.1, 0.15) is 23.7 Å². The number of aliphatic hydroxyl groups excluding tert-OH is 1. The molecule has 6 nitrogen and oxygen atoms in total. The van der Waals surface area contributed by atoms with Crippen molar-refractivity contribution in [3.8, 4) is 5.75 Å². The normalized spacial score (nSPS) is 12.2. The van der Waals surface area contributed by atoms with Gasteiger partial charge in [0.2, 0.25) is 0 Å². The first-order chi connectivity index (χ1) is 10.5. The average Bonchev–Trinajstić information content (AvgIpc) is 2.52. The number of aliphatic carboxylic acids is 1. The van der Waals surface area contributed by atoms with Crippen LogP contribution in [0, 0.1) is 5.92 Å². The number of ether oxygens (including phenoxy) is 1. The summed E-state index contributed by atoms with van der Waals surface area (Å²) in [5.74, 6) is -1.22. The Morgan fingerprint density at radius 3 is 2.36 bits per heavy atom. The van der Waals surface area contributed by atoms with Gasteiger partial charge in [0.1, 0.15) is 5.75 Å². The maximum atomic E-state index is 12.5. The molecule has 1 unspecified atom stereocenters. The molecule has 1 atom stereocenters. The van der Waals surface area contributed by atoms with Crippen LogP contribution in [0.5, 0.6) is 5.75 Å². The van der Waals surface area contributed by atoms with E-state index in [-0.39, 0.29) is 18.8 Å². The third-order valence-corrected chi connectivity index (χ3v) is 3.51. The van der Waals surface area contributed by atoms with E-state index >= 15 is 0 Å². The number of nitrogens with zero attached hydrogens (tertiary/aromatic N) is 1. The highest BCUT2D eigenvalue weighted by Gasteiger charge is 2.25. The minimum Gasteiger partial charge on any atom is -0.497 e. The summed E-state index contributed by atoms with van der Waals surface area (Å²) in [7, 11) is 1.54. The predicted molar refractivity (Wildman–Crippen MR) is 82.3 cm³/mol. The second kappa shape index (κ2) is 9.17. The van der Waals surface area contributed by atoms with Gasteiger partial charge in [0.25, 0.3) is 0 Å². The molecular formula is C16H23NO5. The molecule has 0 amide bonds. The summed E-state index contributed by atoms with van der Waals surface area (Å²) in [4.78, 5) is 25.4. The SMILES string of the molecule is CCN(CCO)CC(CC(=O)O)C(=O)c1ccc(OC)cc1. The third-order valence-electron chi connectivity index (χ3n) is 3.51. The quantitative estimate of drug-likeness (QED) is 0.633. The summed E-state index contributed by atoms with van der Waals surface area (Å²) in [5.41, 5.74) is 0.465. The van der Waals surface area contributed by atoms with Crippen molar-refractivity contribution in [1.82, 2.24) is 4.90 Å². The van der Waals surface area contributed by atoms with Crippen LogP contribution in [0.2, 0.25) is 0 Å². The maximum Gasteiger partial charge on any atom is 0.304 e. The van der Waals surface area contributed by atoms with Gasteiger partial charge in [-0.1, -0.05) is 6.92 Å². The van der Waals surface area contributed by atoms with Crippen molar-refractivity contribution < 1.29 is 24.5 Å². The molecule has 0 radical (unpaired) electrons. The van der Waals surface area contributed by atoms with Gasteiger partial charge < -0.3 is 19.8 Å². The molecule has 0 saturated heterocycles. The van der Waals surface area contributed by atoms with Gasteiger partial charge in [-0.05, 0) is 30.8 Å². The number of aliphatic hydroxyl groups is 1. The molecule has 0 heterocycles. The van der Waals surface area contributed by atoms with E-state index in [2.05, 4.69) is 0 Å². The second-order valence-electron chi connectivity index (χ2n) is 5.00. The van der Waals surface area contributed by atoms with Crippen LogP contribution in [0.4, 0.5) is 0 Å². The molecule has 1 rings (SSSR count). The number of carbonyl (C=O) groups excluding carboxylic acids is 1. The average molecular weight is 309 g/mol. The monoisotopic (exact) mass is 309 g/mol. The summed E-state index contributed by atoms with van der Waals surface area (Å²) >= 11 is 0. The zero-order chi connectivity index (χ0) is 16.5. The van der Waals surface area contributed by atoms with E-state index < -0.39 is 11.9 Å². The standard InChI is InChI=1S/C16H23NO5/c1-3-17(8-9-18)11-13(10-15(19)20)16(21)12-4-6-14(22-2)7-5-12/h4-7,13,18H,3,8-11H2,1-2H3,(H,19,20). The molecule has 122 valence electrons. The number of carboxylic acids is 1. The van der Waals surface area contributed by atoms with Crippen molar-refractivity contribution >= 4 is 11.8 Å². The van der Waals surface area contributed by atoms with Gasteiger partial charge in [-0.2, -0.15) is 0 Å². The summed E-state index contributed by atoms with van der Waals surface area (Å²) in [6.07, 6.45) is -0.229. The zero-order valence-electron chi connectivity index (χ0n) is 13.0. The number of carboxylic acid groups (broad SMARTS) is 1. The van der Waals surface area contributed by atoms with E-state index in [1.165, 1.54) is 7.11 Å². The fourth-order valence-corrected chi connectivity index (χ4v) is 2.27. The summed E-state index contributed by atoms with van der Waals surface area (Å²) in [6.45, 7) is 3.26. The fraction of sp³-hybridized carbons (Fsp3) is 0.500. The molecule has 0 aliphatic rings. The van der Waals surface area contributed by atoms with E-state index in [0.29, 0.717) is 30.9 Å². The Kier molecular flexibility index (Phi) is 7.56. The first-order valence-corrected chi connectivity index (χ1v) is 7.25. The molecule has 2 N–H and O–H groups in total. The summed E-state index contributed by atoms with van der Waals surface area (Å²) in [6, 6.07) is 6.63. The Bertz CT molecular complexity index is 486. The number of Topliss-reactive ketones (excluding diaryl/α,β-unsaturated/α-hetero) is 1. The number of hydrogen-bond acceptors (Lipinski definition) is 5. The van der Waals surface area contributed by atoms with Crippen LogP contribution in [-0.2, 0) is 4.79 Å². The molecular weight excluding hydrogens is 286 g/mol. The molecule has 0 aromatic heterocycles. The van der Waals surface area contributed by atoms with Crippen LogP contribution < -0.4 is 4.74 Å². The highest BCUT2D eigenvalue weighted by atomic mass is 16.5. The molecule has 0 aliphatic carbocycles. The van der Waals surface area contributed by atoms with Crippen LogP contribution >= 0.6 is 0 Å². The predicted octanol–water partition coefficient (Wildman–Crippen LogP) is 1.28. The van der Waals surface area contributed by atoms with Crippen LogP contribution in [-0.4, -0.2) is 60.2 Å². The molecule has 6 heteroatoms. The number of rotatable bonds is 10. The Morgan fingerprint density at radius 1 is 1.27 bits per heavy atom. The van der Waals surface area contributed by atoms with E-state index in [1.54, 1.807) is 24.3 Å². The second-order valence-corrected chi connectivity index (χ2v) is 5.00. The number of hydrogen-bond donors (Lipinski definition) is 2. The van der Waals surface area contributed by atoms with Gasteiger partial charge in [0.05, 0.1) is 20.1 Å². The Morgan fingerprint density at radius 2 is 1.91 bits per heavy atom. The number of benzene rings is 1. The van der Waals surface area contributed by atoms with Crippen molar-refractivity contribution in [3.63, 3.8) is 0 Å². The van der Waals surface area contributed by atoms with Crippen molar-refractivity contribution in [2.24, 2.45) is 5.92 Å². The Balaban J connectivity index is 2.88. The highest BCUT2D eigenvalue weighted by Crippen LogP contribution is 2.18. The van der Waals surface area contributed by atoms with Crippen molar-refractivity contribution in [2.75, 3.05) is 33.4 Å². The minimum absolute atomic E-state index is 0.0235. The molecule has 0 aliphatic heterocycles. The van der Waals surface area contributed by atoms with Gasteiger partial charge in [0.15, 0.2) is 5.78 Å². The molecule has 1 aromatic rings. The van der Waals surface area contributed by atoms with Crippen LogP contribution in [0.15, 0.2) is 24.3 Å². The lowest BCUT2D eigenvalue weighted by Crippen LogP contribution is -2.36. The van der Waals surface area contributed by atoms with Crippen molar-refractivity contribution in [1.29, 1.82) is 0 Å². The molecule has 0 fully saturated rings. The number of methoxy groups -OCH3 is 1. The summed E-state index contributed by atoms with van der Waals surface area (Å²) < 4.78 is 5.05.